The summed E-state index contributed by atoms with van der Waals surface area (Å²) in [6.07, 6.45) is 1.15. The molecule has 3 N–H and O–H groups in total. The van der Waals surface area contributed by atoms with E-state index in [2.05, 4.69) is 22.2 Å². The molecule has 1 heterocycles. The molecule has 16 heavy (non-hydrogen) atoms. The van der Waals surface area contributed by atoms with E-state index in [0.29, 0.717) is 6.54 Å². The van der Waals surface area contributed by atoms with Gasteiger partial charge in [0.25, 0.3) is 0 Å². The minimum atomic E-state index is -0.622. The van der Waals surface area contributed by atoms with Gasteiger partial charge in [-0.15, -0.1) is 0 Å². The number of nitrogens with zero attached hydrogens (tertiary/aromatic N) is 2. The van der Waals surface area contributed by atoms with E-state index in [1.165, 1.54) is 0 Å². The van der Waals surface area contributed by atoms with E-state index in [1.807, 2.05) is 6.92 Å². The molecule has 1 saturated heterocycles. The predicted octanol–water partition coefficient (Wildman–Crippen LogP) is -0.913. The number of nitrogens with one attached hydrogen (secondary N) is 1. The third-order valence-corrected chi connectivity index (χ3v) is 3.45. The number of likely N-dealkylation sites (N-methyl/N-ethyl adjacent to an activating group) is 2. The maximum Gasteiger partial charge on any atom is 0.238 e. The number of amides is 1. The van der Waals surface area contributed by atoms with Gasteiger partial charge in [-0.2, -0.15) is 0 Å². The molecule has 0 aromatic carbocycles. The van der Waals surface area contributed by atoms with Crippen LogP contribution in [-0.2, 0) is 4.79 Å². The van der Waals surface area contributed by atoms with Crippen LogP contribution in [0, 0.1) is 0 Å². The maximum atomic E-state index is 11.4. The second kappa shape index (κ2) is 5.61. The molecule has 1 amide bonds. The highest BCUT2D eigenvalue weighted by Gasteiger charge is 2.31. The van der Waals surface area contributed by atoms with E-state index in [0.717, 1.165) is 32.6 Å². The Balaban J connectivity index is 2.54. The quantitative estimate of drug-likeness (QED) is 0.654. The van der Waals surface area contributed by atoms with Crippen LogP contribution < -0.4 is 11.1 Å². The zero-order valence-electron chi connectivity index (χ0n) is 10.6. The fourth-order valence-electron chi connectivity index (χ4n) is 1.99. The number of nitrogens with two attached hydrogens (primary N) is 1. The fourth-order valence-corrected chi connectivity index (χ4v) is 1.99. The summed E-state index contributed by atoms with van der Waals surface area (Å²) in [5.74, 6) is -0.285. The zero-order chi connectivity index (χ0) is 12.2. The summed E-state index contributed by atoms with van der Waals surface area (Å²) in [4.78, 5) is 16.0. The van der Waals surface area contributed by atoms with Crippen molar-refractivity contribution in [2.45, 2.75) is 18.9 Å². The van der Waals surface area contributed by atoms with Crippen molar-refractivity contribution in [3.8, 4) is 0 Å². The fraction of sp³-hybridized carbons (Fsp3) is 0.909. The molecule has 94 valence electrons. The lowest BCUT2D eigenvalue weighted by molar-refractivity contribution is -0.124. The number of rotatable bonds is 4. The lowest BCUT2D eigenvalue weighted by Gasteiger charge is -2.32. The molecule has 1 aliphatic heterocycles. The average Bonchev–Trinajstić information content (AvgIpc) is 2.43. The molecule has 1 aliphatic rings. The summed E-state index contributed by atoms with van der Waals surface area (Å²) < 4.78 is 0. The van der Waals surface area contributed by atoms with Crippen molar-refractivity contribution in [1.29, 1.82) is 0 Å². The van der Waals surface area contributed by atoms with E-state index >= 15 is 0 Å². The largest absolute Gasteiger partial charge is 0.368 e. The standard InChI is InChI=1S/C11H24N4O/c1-11(13-2,10(12)16)9-15-6-4-5-14(3)7-8-15/h13H,4-9H2,1-3H3,(H2,12,16). The van der Waals surface area contributed by atoms with Gasteiger partial charge >= 0.3 is 0 Å². The Morgan fingerprint density at radius 2 is 2.06 bits per heavy atom. The summed E-state index contributed by atoms with van der Waals surface area (Å²) >= 11 is 0. The van der Waals surface area contributed by atoms with Crippen LogP contribution >= 0.6 is 0 Å². The Labute approximate surface area is 98.0 Å². The molecule has 0 bridgehead atoms. The van der Waals surface area contributed by atoms with E-state index in [1.54, 1.807) is 7.05 Å². The van der Waals surface area contributed by atoms with Crippen LogP contribution in [0.4, 0.5) is 0 Å². The van der Waals surface area contributed by atoms with Crippen LogP contribution in [0.5, 0.6) is 0 Å². The van der Waals surface area contributed by atoms with Crippen LogP contribution in [0.1, 0.15) is 13.3 Å². The van der Waals surface area contributed by atoms with Gasteiger partial charge in [0.2, 0.25) is 5.91 Å². The lowest BCUT2D eigenvalue weighted by atomic mass is 10.0. The Hall–Kier alpha value is -0.650. The molecule has 1 fully saturated rings. The molecule has 0 saturated carbocycles. The van der Waals surface area contributed by atoms with Gasteiger partial charge in [-0.1, -0.05) is 0 Å². The molecule has 5 heteroatoms. The summed E-state index contributed by atoms with van der Waals surface area (Å²) in [6, 6.07) is 0. The molecule has 0 aromatic heterocycles. The van der Waals surface area contributed by atoms with E-state index in [-0.39, 0.29) is 5.91 Å². The third kappa shape index (κ3) is 3.43. The number of primary amides is 1. The summed E-state index contributed by atoms with van der Waals surface area (Å²) in [7, 11) is 3.92. The Kier molecular flexibility index (Phi) is 4.70. The Morgan fingerprint density at radius 1 is 1.38 bits per heavy atom. The Bertz CT molecular complexity index is 246. The van der Waals surface area contributed by atoms with Crippen LogP contribution in [0.3, 0.4) is 0 Å². The highest BCUT2D eigenvalue weighted by atomic mass is 16.1. The molecule has 0 aliphatic carbocycles. The summed E-state index contributed by atoms with van der Waals surface area (Å²) in [5, 5.41) is 3.03. The average molecular weight is 228 g/mol. The molecule has 1 atom stereocenters. The summed E-state index contributed by atoms with van der Waals surface area (Å²) in [5.41, 5.74) is 4.80. The van der Waals surface area contributed by atoms with Gasteiger partial charge in [0, 0.05) is 19.6 Å². The highest BCUT2D eigenvalue weighted by molar-refractivity contribution is 5.84. The van der Waals surface area contributed by atoms with Crippen LogP contribution in [-0.4, -0.2) is 68.1 Å². The first kappa shape index (κ1) is 13.4. The second-order valence-corrected chi connectivity index (χ2v) is 4.88. The van der Waals surface area contributed by atoms with Gasteiger partial charge in [-0.05, 0) is 40.5 Å². The SMILES string of the molecule is CNC(C)(CN1CCCN(C)CC1)C(N)=O. The smallest absolute Gasteiger partial charge is 0.238 e. The van der Waals surface area contributed by atoms with Crippen molar-refractivity contribution in [3.05, 3.63) is 0 Å². The van der Waals surface area contributed by atoms with Crippen LogP contribution in [0.15, 0.2) is 0 Å². The first-order chi connectivity index (χ1) is 7.48. The predicted molar refractivity (Wildman–Crippen MR) is 65.2 cm³/mol. The van der Waals surface area contributed by atoms with Crippen LogP contribution in [0.2, 0.25) is 0 Å². The van der Waals surface area contributed by atoms with Gasteiger partial charge in [-0.3, -0.25) is 9.69 Å². The number of hydrogen-bond donors (Lipinski definition) is 2. The van der Waals surface area contributed by atoms with E-state index in [4.69, 9.17) is 5.73 Å². The van der Waals surface area contributed by atoms with Gasteiger partial charge in [0.15, 0.2) is 0 Å². The molecule has 0 radical (unpaired) electrons. The van der Waals surface area contributed by atoms with E-state index < -0.39 is 5.54 Å². The van der Waals surface area contributed by atoms with Crippen molar-refractivity contribution < 1.29 is 4.79 Å². The minimum Gasteiger partial charge on any atom is -0.368 e. The molecule has 0 spiro atoms. The first-order valence-corrected chi connectivity index (χ1v) is 5.87. The molecule has 0 aromatic rings. The molecular weight excluding hydrogens is 204 g/mol. The first-order valence-electron chi connectivity index (χ1n) is 5.87. The number of carbonyl (C=O) groups is 1. The normalized spacial score (nSPS) is 23.7. The molecule has 5 nitrogen and oxygen atoms in total. The van der Waals surface area contributed by atoms with Crippen molar-refractivity contribution >= 4 is 5.91 Å². The van der Waals surface area contributed by atoms with Crippen LogP contribution in [0.25, 0.3) is 0 Å². The Morgan fingerprint density at radius 3 is 2.62 bits per heavy atom. The minimum absolute atomic E-state index is 0.285. The molecule has 1 unspecified atom stereocenters. The van der Waals surface area contributed by atoms with Crippen molar-refractivity contribution in [3.63, 3.8) is 0 Å². The van der Waals surface area contributed by atoms with E-state index in [9.17, 15) is 4.79 Å². The summed E-state index contributed by atoms with van der Waals surface area (Å²) in [6.45, 7) is 6.77. The monoisotopic (exact) mass is 228 g/mol. The molecule has 1 rings (SSSR count). The number of hydrogen-bond acceptors (Lipinski definition) is 4. The number of carbonyl (C=O) groups excluding carboxylic acids is 1. The van der Waals surface area contributed by atoms with Crippen molar-refractivity contribution in [2.75, 3.05) is 46.8 Å². The zero-order valence-corrected chi connectivity index (χ0v) is 10.6. The maximum absolute atomic E-state index is 11.4. The lowest BCUT2D eigenvalue weighted by Crippen LogP contribution is -2.58. The van der Waals surface area contributed by atoms with Gasteiger partial charge < -0.3 is 16.0 Å². The third-order valence-electron chi connectivity index (χ3n) is 3.45. The van der Waals surface area contributed by atoms with Crippen molar-refractivity contribution in [2.24, 2.45) is 5.73 Å². The van der Waals surface area contributed by atoms with Gasteiger partial charge in [0.1, 0.15) is 5.54 Å². The highest BCUT2D eigenvalue weighted by Crippen LogP contribution is 2.08. The van der Waals surface area contributed by atoms with Gasteiger partial charge in [-0.25, -0.2) is 0 Å². The topological polar surface area (TPSA) is 61.6 Å². The van der Waals surface area contributed by atoms with Gasteiger partial charge in [0.05, 0.1) is 0 Å². The second-order valence-electron chi connectivity index (χ2n) is 4.88. The van der Waals surface area contributed by atoms with Crippen molar-refractivity contribution in [1.82, 2.24) is 15.1 Å². The molecular formula is C11H24N4O.